The highest BCUT2D eigenvalue weighted by atomic mass is 16.6. The summed E-state index contributed by atoms with van der Waals surface area (Å²) in [6, 6.07) is 1.85. The number of carbonyl (C=O) groups is 3. The number of fused-ring (bicyclic) bond motifs is 1. The Morgan fingerprint density at radius 3 is 2.47 bits per heavy atom. The van der Waals surface area contributed by atoms with Gasteiger partial charge in [0.1, 0.15) is 11.4 Å². The number of hydrogen-bond donors (Lipinski definition) is 2. The molecular formula is C22H31N3O5. The summed E-state index contributed by atoms with van der Waals surface area (Å²) in [4.78, 5) is 41.6. The lowest BCUT2D eigenvalue weighted by Crippen LogP contribution is -2.51. The zero-order valence-electron chi connectivity index (χ0n) is 18.3. The van der Waals surface area contributed by atoms with Crippen LogP contribution in [-0.4, -0.2) is 51.7 Å². The monoisotopic (exact) mass is 417 g/mol. The molecule has 3 heterocycles. The predicted molar refractivity (Wildman–Crippen MR) is 114 cm³/mol. The van der Waals surface area contributed by atoms with E-state index in [1.807, 2.05) is 40.7 Å². The first-order valence-electron chi connectivity index (χ1n) is 10.3. The third-order valence-corrected chi connectivity index (χ3v) is 5.02. The van der Waals surface area contributed by atoms with Crippen molar-refractivity contribution in [2.24, 2.45) is 5.41 Å². The second-order valence-electron chi connectivity index (χ2n) is 8.33. The van der Waals surface area contributed by atoms with Crippen LogP contribution in [0.25, 0.3) is 6.08 Å². The fourth-order valence-corrected chi connectivity index (χ4v) is 3.57. The Morgan fingerprint density at radius 1 is 1.27 bits per heavy atom. The molecule has 0 bridgehead atoms. The SMILES string of the molecule is CC.CC(C)(C)OC(=O)N1CCC2(CC1)Cc1cc(/C=C/C(=O)O)cnc1NC2=O. The van der Waals surface area contributed by atoms with Crippen molar-refractivity contribution in [3.05, 3.63) is 29.5 Å². The summed E-state index contributed by atoms with van der Waals surface area (Å²) in [5.74, 6) is -0.597. The molecule has 2 aliphatic rings. The van der Waals surface area contributed by atoms with Crippen molar-refractivity contribution in [1.82, 2.24) is 9.88 Å². The molecule has 8 nitrogen and oxygen atoms in total. The molecule has 2 amide bonds. The number of ether oxygens (including phenoxy) is 1. The Morgan fingerprint density at radius 2 is 1.90 bits per heavy atom. The van der Waals surface area contributed by atoms with E-state index in [1.165, 1.54) is 12.3 Å². The Hall–Kier alpha value is -2.90. The number of pyridine rings is 1. The lowest BCUT2D eigenvalue weighted by Gasteiger charge is -2.43. The molecule has 8 heteroatoms. The van der Waals surface area contributed by atoms with Crippen LogP contribution < -0.4 is 5.32 Å². The first kappa shape index (κ1) is 23.4. The number of nitrogens with one attached hydrogen (secondary N) is 1. The van der Waals surface area contributed by atoms with Gasteiger partial charge in [-0.05, 0) is 63.3 Å². The van der Waals surface area contributed by atoms with Crippen LogP contribution in [-0.2, 0) is 20.7 Å². The second-order valence-corrected chi connectivity index (χ2v) is 8.33. The Kier molecular flexibility index (Phi) is 7.23. The summed E-state index contributed by atoms with van der Waals surface area (Å²) in [5.41, 5.74) is 0.387. The van der Waals surface area contributed by atoms with Gasteiger partial charge >= 0.3 is 12.1 Å². The number of carbonyl (C=O) groups excluding carboxylic acids is 2. The van der Waals surface area contributed by atoms with Gasteiger partial charge in [-0.3, -0.25) is 4.79 Å². The van der Waals surface area contributed by atoms with Crippen molar-refractivity contribution >= 4 is 29.9 Å². The average molecular weight is 418 g/mol. The molecule has 0 radical (unpaired) electrons. The Balaban J connectivity index is 0.00000155. The highest BCUT2D eigenvalue weighted by Gasteiger charge is 2.46. The van der Waals surface area contributed by atoms with Crippen molar-refractivity contribution in [1.29, 1.82) is 0 Å². The maximum atomic E-state index is 12.8. The highest BCUT2D eigenvalue weighted by molar-refractivity contribution is 5.98. The van der Waals surface area contributed by atoms with E-state index < -0.39 is 17.0 Å². The zero-order valence-corrected chi connectivity index (χ0v) is 18.3. The molecule has 0 aliphatic carbocycles. The van der Waals surface area contributed by atoms with Crippen molar-refractivity contribution in [2.45, 2.75) is 59.5 Å². The number of hydrogen-bond acceptors (Lipinski definition) is 5. The molecule has 1 saturated heterocycles. The minimum absolute atomic E-state index is 0.0785. The van der Waals surface area contributed by atoms with Crippen LogP contribution in [0.3, 0.4) is 0 Å². The van der Waals surface area contributed by atoms with Gasteiger partial charge in [0.05, 0.1) is 5.41 Å². The van der Waals surface area contributed by atoms with Gasteiger partial charge in [-0.1, -0.05) is 13.8 Å². The molecule has 1 fully saturated rings. The predicted octanol–water partition coefficient (Wildman–Crippen LogP) is 3.72. The molecule has 1 aromatic heterocycles. The van der Waals surface area contributed by atoms with E-state index >= 15 is 0 Å². The fraction of sp³-hybridized carbons (Fsp3) is 0.545. The van der Waals surface area contributed by atoms with Crippen LogP contribution in [0.15, 0.2) is 18.3 Å². The van der Waals surface area contributed by atoms with Crippen molar-refractivity contribution in [3.63, 3.8) is 0 Å². The molecule has 2 N–H and O–H groups in total. The Labute approximate surface area is 177 Å². The third-order valence-electron chi connectivity index (χ3n) is 5.02. The standard InChI is InChI=1S/C20H25N3O5.C2H6/c1-19(2,3)28-18(27)23-8-6-20(7-9-23)11-14-10-13(4-5-15(24)25)12-21-16(14)22-17(20)26;1-2/h4-5,10,12H,6-9,11H2,1-3H3,(H,24,25)(H,21,22,26);1-2H3/b5-4+;. The lowest BCUT2D eigenvalue weighted by atomic mass is 9.71. The first-order valence-corrected chi connectivity index (χ1v) is 10.3. The molecule has 3 rings (SSSR count). The summed E-state index contributed by atoms with van der Waals surface area (Å²) >= 11 is 0. The number of carboxylic acid groups (broad SMARTS) is 1. The van der Waals surface area contributed by atoms with E-state index in [0.717, 1.165) is 11.6 Å². The molecule has 1 spiro atoms. The third kappa shape index (κ3) is 5.58. The maximum absolute atomic E-state index is 12.8. The molecule has 1 aromatic rings. The van der Waals surface area contributed by atoms with Gasteiger partial charge in [0.2, 0.25) is 5.91 Å². The molecule has 164 valence electrons. The molecule has 0 atom stereocenters. The first-order chi connectivity index (χ1) is 14.1. The molecule has 2 aliphatic heterocycles. The fourth-order valence-electron chi connectivity index (χ4n) is 3.57. The number of aromatic nitrogens is 1. The molecule has 0 aromatic carbocycles. The summed E-state index contributed by atoms with van der Waals surface area (Å²) in [7, 11) is 0. The molecule has 0 unspecified atom stereocenters. The summed E-state index contributed by atoms with van der Waals surface area (Å²) < 4.78 is 5.42. The normalized spacial score (nSPS) is 17.6. The molecular weight excluding hydrogens is 386 g/mol. The number of nitrogens with zero attached hydrogens (tertiary/aromatic N) is 2. The number of aliphatic carboxylic acids is 1. The molecule has 0 saturated carbocycles. The van der Waals surface area contributed by atoms with Gasteiger partial charge in [0, 0.05) is 25.4 Å². The minimum Gasteiger partial charge on any atom is -0.478 e. The van der Waals surface area contributed by atoms with Gasteiger partial charge in [-0.25, -0.2) is 14.6 Å². The largest absolute Gasteiger partial charge is 0.478 e. The van der Waals surface area contributed by atoms with Crippen molar-refractivity contribution < 1.29 is 24.2 Å². The van der Waals surface area contributed by atoms with E-state index in [-0.39, 0.29) is 12.0 Å². The van der Waals surface area contributed by atoms with E-state index in [0.29, 0.717) is 43.7 Å². The lowest BCUT2D eigenvalue weighted by molar-refractivity contribution is -0.131. The van der Waals surface area contributed by atoms with Crippen LogP contribution in [0.5, 0.6) is 0 Å². The average Bonchev–Trinajstić information content (AvgIpc) is 2.68. The number of likely N-dealkylation sites (tertiary alicyclic amines) is 1. The highest BCUT2D eigenvalue weighted by Crippen LogP contribution is 2.41. The summed E-state index contributed by atoms with van der Waals surface area (Å²) in [6.07, 6.45) is 5.28. The van der Waals surface area contributed by atoms with Gasteiger partial charge in [-0.2, -0.15) is 0 Å². The van der Waals surface area contributed by atoms with Crippen LogP contribution in [0.2, 0.25) is 0 Å². The van der Waals surface area contributed by atoms with Crippen molar-refractivity contribution in [2.75, 3.05) is 18.4 Å². The maximum Gasteiger partial charge on any atom is 0.410 e. The number of amides is 2. The smallest absolute Gasteiger partial charge is 0.410 e. The zero-order chi connectivity index (χ0) is 22.5. The van der Waals surface area contributed by atoms with Crippen LogP contribution in [0, 0.1) is 5.41 Å². The summed E-state index contributed by atoms with van der Waals surface area (Å²) in [5, 5.41) is 11.6. The van der Waals surface area contributed by atoms with Gasteiger partial charge in [0.15, 0.2) is 0 Å². The van der Waals surface area contributed by atoms with Crippen LogP contribution in [0.1, 0.15) is 58.6 Å². The second kappa shape index (κ2) is 9.28. The van der Waals surface area contributed by atoms with Gasteiger partial charge < -0.3 is 20.1 Å². The number of carboxylic acids is 1. The van der Waals surface area contributed by atoms with Crippen molar-refractivity contribution in [3.8, 4) is 0 Å². The van der Waals surface area contributed by atoms with Gasteiger partial charge in [0.25, 0.3) is 0 Å². The quantitative estimate of drug-likeness (QED) is 0.710. The van der Waals surface area contributed by atoms with E-state index in [4.69, 9.17) is 9.84 Å². The topological polar surface area (TPSA) is 109 Å². The van der Waals surface area contributed by atoms with Gasteiger partial charge in [-0.15, -0.1) is 0 Å². The summed E-state index contributed by atoms with van der Waals surface area (Å²) in [6.45, 7) is 10.4. The minimum atomic E-state index is -1.03. The molecule has 30 heavy (non-hydrogen) atoms. The number of rotatable bonds is 2. The number of piperidine rings is 1. The van der Waals surface area contributed by atoms with E-state index in [2.05, 4.69) is 10.3 Å². The Bertz CT molecular complexity index is 834. The number of anilines is 1. The van der Waals surface area contributed by atoms with E-state index in [1.54, 1.807) is 4.90 Å². The van der Waals surface area contributed by atoms with Crippen LogP contribution >= 0.6 is 0 Å². The van der Waals surface area contributed by atoms with E-state index in [9.17, 15) is 14.4 Å². The van der Waals surface area contributed by atoms with Crippen LogP contribution in [0.4, 0.5) is 10.6 Å².